The number of carbonyl (C=O) groups is 1. The molecule has 0 aliphatic carbocycles. The topological polar surface area (TPSA) is 77.1 Å². The fraction of sp³-hybridized carbons (Fsp3) is 0.200. The average molecular weight is 348 g/mol. The van der Waals surface area contributed by atoms with Gasteiger partial charge in [-0.25, -0.2) is 9.37 Å². The van der Waals surface area contributed by atoms with E-state index >= 15 is 0 Å². The van der Waals surface area contributed by atoms with Gasteiger partial charge in [0.15, 0.2) is 0 Å². The minimum absolute atomic E-state index is 0.0114. The first kappa shape index (κ1) is 14.8. The number of imidazole rings is 1. The zero-order valence-electron chi connectivity index (χ0n) is 12.5. The molecule has 9 heteroatoms. The van der Waals surface area contributed by atoms with Gasteiger partial charge in [-0.1, -0.05) is 11.2 Å². The van der Waals surface area contributed by atoms with E-state index in [0.717, 1.165) is 0 Å². The van der Waals surface area contributed by atoms with Gasteiger partial charge in [-0.15, -0.1) is 11.6 Å². The Kier molecular flexibility index (Phi) is 3.34. The van der Waals surface area contributed by atoms with E-state index in [9.17, 15) is 9.18 Å². The van der Waals surface area contributed by atoms with Crippen molar-refractivity contribution in [3.63, 3.8) is 0 Å². The fourth-order valence-corrected chi connectivity index (χ4v) is 2.85. The molecule has 0 saturated heterocycles. The van der Waals surface area contributed by atoms with Crippen LogP contribution in [0.5, 0.6) is 0 Å². The molecule has 0 radical (unpaired) electrons. The molecule has 0 N–H and O–H groups in total. The van der Waals surface area contributed by atoms with E-state index < -0.39 is 11.7 Å². The molecule has 4 rings (SSSR count). The Morgan fingerprint density at radius 1 is 1.42 bits per heavy atom. The van der Waals surface area contributed by atoms with E-state index in [0.29, 0.717) is 17.1 Å². The summed E-state index contributed by atoms with van der Waals surface area (Å²) in [5, 5.41) is 3.86. The van der Waals surface area contributed by atoms with Crippen LogP contribution in [0.3, 0.4) is 0 Å². The zero-order chi connectivity index (χ0) is 16.8. The number of halogens is 2. The van der Waals surface area contributed by atoms with Crippen LogP contribution in [0.4, 0.5) is 4.39 Å². The van der Waals surface area contributed by atoms with Gasteiger partial charge in [0.25, 0.3) is 5.91 Å². The molecule has 1 aliphatic rings. The molecule has 0 fully saturated rings. The summed E-state index contributed by atoms with van der Waals surface area (Å²) in [6.45, 7) is 0.229. The highest BCUT2D eigenvalue weighted by atomic mass is 35.5. The van der Waals surface area contributed by atoms with Crippen LogP contribution in [0, 0.1) is 5.82 Å². The summed E-state index contributed by atoms with van der Waals surface area (Å²) >= 11 is 5.68. The molecular formula is C15H11ClFN5O2. The van der Waals surface area contributed by atoms with E-state index in [2.05, 4.69) is 15.1 Å². The third-order valence-corrected chi connectivity index (χ3v) is 4.09. The summed E-state index contributed by atoms with van der Waals surface area (Å²) in [5.41, 5.74) is 1.57. The molecule has 3 heterocycles. The van der Waals surface area contributed by atoms with Crippen molar-refractivity contribution in [1.82, 2.24) is 24.6 Å². The van der Waals surface area contributed by atoms with Gasteiger partial charge in [-0.3, -0.25) is 9.36 Å². The summed E-state index contributed by atoms with van der Waals surface area (Å²) < 4.78 is 20.9. The van der Waals surface area contributed by atoms with Gasteiger partial charge in [0, 0.05) is 7.05 Å². The Balaban J connectivity index is 1.94. The lowest BCUT2D eigenvalue weighted by Gasteiger charge is -2.14. The first-order chi connectivity index (χ1) is 11.6. The van der Waals surface area contributed by atoms with Crippen molar-refractivity contribution in [3.8, 4) is 17.2 Å². The number of alkyl halides is 1. The number of benzene rings is 1. The van der Waals surface area contributed by atoms with Crippen molar-refractivity contribution in [2.24, 2.45) is 0 Å². The lowest BCUT2D eigenvalue weighted by atomic mass is 10.1. The predicted molar refractivity (Wildman–Crippen MR) is 82.2 cm³/mol. The second kappa shape index (κ2) is 5.41. The van der Waals surface area contributed by atoms with E-state index in [4.69, 9.17) is 16.1 Å². The third-order valence-electron chi connectivity index (χ3n) is 3.86. The zero-order valence-corrected chi connectivity index (χ0v) is 13.3. The van der Waals surface area contributed by atoms with Crippen molar-refractivity contribution in [2.75, 3.05) is 7.05 Å². The SMILES string of the molecule is CN1Cc2c(-c3noc(CCl)n3)ncn2-c2cccc(F)c2C1=O. The second-order valence-corrected chi connectivity index (χ2v) is 5.62. The fourth-order valence-electron chi connectivity index (χ4n) is 2.74. The van der Waals surface area contributed by atoms with Crippen LogP contribution in [0.15, 0.2) is 29.0 Å². The maximum absolute atomic E-state index is 14.2. The van der Waals surface area contributed by atoms with Crippen molar-refractivity contribution in [2.45, 2.75) is 12.4 Å². The number of hydrogen-bond donors (Lipinski definition) is 0. The van der Waals surface area contributed by atoms with Crippen LogP contribution >= 0.6 is 11.6 Å². The van der Waals surface area contributed by atoms with E-state index in [1.54, 1.807) is 23.7 Å². The highest BCUT2D eigenvalue weighted by Crippen LogP contribution is 2.30. The first-order valence-electron chi connectivity index (χ1n) is 7.09. The van der Waals surface area contributed by atoms with Crippen LogP contribution in [0.2, 0.25) is 0 Å². The number of carbonyl (C=O) groups excluding carboxylic acids is 1. The normalized spacial score (nSPS) is 13.6. The maximum atomic E-state index is 14.2. The molecule has 0 unspecified atom stereocenters. The molecule has 1 amide bonds. The molecule has 1 aromatic carbocycles. The largest absolute Gasteiger partial charge is 0.338 e. The lowest BCUT2D eigenvalue weighted by molar-refractivity contribution is 0.0783. The van der Waals surface area contributed by atoms with Crippen LogP contribution < -0.4 is 0 Å². The Hall–Kier alpha value is -2.74. The van der Waals surface area contributed by atoms with Crippen LogP contribution in [-0.2, 0) is 12.4 Å². The summed E-state index contributed by atoms with van der Waals surface area (Å²) in [5.74, 6) is -0.322. The molecule has 2 aromatic heterocycles. The maximum Gasteiger partial charge on any atom is 0.259 e. The van der Waals surface area contributed by atoms with E-state index in [1.807, 2.05) is 0 Å². The van der Waals surface area contributed by atoms with Crippen molar-refractivity contribution in [1.29, 1.82) is 0 Å². The number of aromatic nitrogens is 4. The summed E-state index contributed by atoms with van der Waals surface area (Å²) in [6, 6.07) is 4.49. The number of hydrogen-bond acceptors (Lipinski definition) is 5. The predicted octanol–water partition coefficient (Wildman–Crippen LogP) is 2.39. The molecule has 1 aliphatic heterocycles. The van der Waals surface area contributed by atoms with Crippen molar-refractivity contribution < 1.29 is 13.7 Å². The molecule has 24 heavy (non-hydrogen) atoms. The summed E-state index contributed by atoms with van der Waals surface area (Å²) in [7, 11) is 1.60. The Labute approximate surface area is 140 Å². The quantitative estimate of drug-likeness (QED) is 0.665. The number of rotatable bonds is 2. The molecule has 0 bridgehead atoms. The lowest BCUT2D eigenvalue weighted by Crippen LogP contribution is -2.26. The van der Waals surface area contributed by atoms with Gasteiger partial charge >= 0.3 is 0 Å². The third kappa shape index (κ3) is 2.10. The van der Waals surface area contributed by atoms with Crippen LogP contribution in [0.1, 0.15) is 21.9 Å². The molecule has 122 valence electrons. The minimum atomic E-state index is -0.573. The van der Waals surface area contributed by atoms with E-state index in [-0.39, 0.29) is 29.7 Å². The van der Waals surface area contributed by atoms with Gasteiger partial charge in [0.05, 0.1) is 23.5 Å². The number of fused-ring (bicyclic) bond motifs is 3. The highest BCUT2D eigenvalue weighted by Gasteiger charge is 2.30. The molecule has 7 nitrogen and oxygen atoms in total. The average Bonchev–Trinajstić information content (AvgIpc) is 3.18. The Morgan fingerprint density at radius 2 is 2.25 bits per heavy atom. The Morgan fingerprint density at radius 3 is 3.00 bits per heavy atom. The van der Waals surface area contributed by atoms with E-state index in [1.165, 1.54) is 17.3 Å². The number of nitrogens with zero attached hydrogens (tertiary/aromatic N) is 5. The highest BCUT2D eigenvalue weighted by molar-refractivity contribution is 6.16. The monoisotopic (exact) mass is 347 g/mol. The van der Waals surface area contributed by atoms with Crippen molar-refractivity contribution in [3.05, 3.63) is 47.5 Å². The minimum Gasteiger partial charge on any atom is -0.338 e. The molecule has 3 aromatic rings. The van der Waals surface area contributed by atoms with Gasteiger partial charge in [-0.2, -0.15) is 4.98 Å². The summed E-state index contributed by atoms with van der Waals surface area (Å²) in [4.78, 5) is 22.4. The van der Waals surface area contributed by atoms with Gasteiger partial charge in [-0.05, 0) is 12.1 Å². The number of amides is 1. The smallest absolute Gasteiger partial charge is 0.259 e. The summed E-state index contributed by atoms with van der Waals surface area (Å²) in [6.07, 6.45) is 1.52. The first-order valence-corrected chi connectivity index (χ1v) is 7.63. The second-order valence-electron chi connectivity index (χ2n) is 5.35. The molecular weight excluding hydrogens is 337 g/mol. The standard InChI is InChI=1S/C15H11ClFN5O2/c1-21-6-10-13(14-19-11(5-16)24-20-14)18-7-22(10)9-4-2-3-8(17)12(9)15(21)23/h2-4,7H,5-6H2,1H3. The van der Waals surface area contributed by atoms with Gasteiger partial charge < -0.3 is 9.42 Å². The molecule has 0 atom stereocenters. The van der Waals surface area contributed by atoms with Crippen LogP contribution in [-0.4, -0.2) is 37.5 Å². The molecule has 0 spiro atoms. The van der Waals surface area contributed by atoms with Crippen LogP contribution in [0.25, 0.3) is 17.2 Å². The van der Waals surface area contributed by atoms with Gasteiger partial charge in [0.2, 0.25) is 11.7 Å². The van der Waals surface area contributed by atoms with Gasteiger partial charge in [0.1, 0.15) is 23.7 Å². The Bertz CT molecular complexity index is 951. The molecule has 0 saturated carbocycles. The van der Waals surface area contributed by atoms with Crippen molar-refractivity contribution >= 4 is 17.5 Å².